The van der Waals surface area contributed by atoms with E-state index in [1.807, 2.05) is 0 Å². The van der Waals surface area contributed by atoms with E-state index in [0.29, 0.717) is 33.0 Å². The number of hydrogen-bond acceptors (Lipinski definition) is 6. The Morgan fingerprint density at radius 1 is 1.15 bits per heavy atom. The molecule has 0 unspecified atom stereocenters. The van der Waals surface area contributed by atoms with Crippen LogP contribution in [0.2, 0.25) is 0 Å². The zero-order valence-electron chi connectivity index (χ0n) is 22.6. The molecule has 0 saturated carbocycles. The fourth-order valence-corrected chi connectivity index (χ4v) is 6.35. The summed E-state index contributed by atoms with van der Waals surface area (Å²) in [6.07, 6.45) is -2.40. The second-order valence-electron chi connectivity index (χ2n) is 10.9. The van der Waals surface area contributed by atoms with Crippen LogP contribution in [0.25, 0.3) is 16.9 Å². The monoisotopic (exact) mass is 570 g/mol. The Hall–Kier alpha value is -3.73. The molecule has 210 valence electrons. The minimum Gasteiger partial charge on any atom is -0.462 e. The van der Waals surface area contributed by atoms with Crippen molar-refractivity contribution in [3.8, 4) is 11.3 Å². The maximum Gasteiger partial charge on any atom is 0.433 e. The minimum absolute atomic E-state index is 0.0769. The Labute approximate surface area is 233 Å². The number of thiophene rings is 1. The van der Waals surface area contributed by atoms with Crippen molar-refractivity contribution in [2.45, 2.75) is 53.1 Å². The average molecular weight is 571 g/mol. The zero-order chi connectivity index (χ0) is 28.8. The second-order valence-corrected chi connectivity index (χ2v) is 12.0. The summed E-state index contributed by atoms with van der Waals surface area (Å²) >= 11 is 1.31. The summed E-state index contributed by atoms with van der Waals surface area (Å²) < 4.78 is 47.9. The highest BCUT2D eigenvalue weighted by molar-refractivity contribution is 7.17. The third kappa shape index (κ3) is 5.34. The summed E-state index contributed by atoms with van der Waals surface area (Å²) in [7, 11) is 0. The van der Waals surface area contributed by atoms with Crippen molar-refractivity contribution in [2.24, 2.45) is 11.3 Å². The van der Waals surface area contributed by atoms with Gasteiger partial charge in [0.25, 0.3) is 5.91 Å². The van der Waals surface area contributed by atoms with Crippen molar-refractivity contribution in [1.29, 1.82) is 0 Å². The Balaban J connectivity index is 1.53. The molecule has 0 bridgehead atoms. The van der Waals surface area contributed by atoms with Crippen LogP contribution in [0.3, 0.4) is 0 Å². The summed E-state index contributed by atoms with van der Waals surface area (Å²) in [5.41, 5.74) is 0.431. The first kappa shape index (κ1) is 27.8. The first-order valence-electron chi connectivity index (χ1n) is 13.0. The van der Waals surface area contributed by atoms with E-state index < -0.39 is 23.7 Å². The normalized spacial score (nSPS) is 15.6. The van der Waals surface area contributed by atoms with Gasteiger partial charge in [-0.3, -0.25) is 4.79 Å². The lowest BCUT2D eigenvalue weighted by Crippen LogP contribution is -2.26. The maximum atomic E-state index is 14.0. The summed E-state index contributed by atoms with van der Waals surface area (Å²) in [5.74, 6) is -0.870. The summed E-state index contributed by atoms with van der Waals surface area (Å²) in [5, 5.41) is 7.01. The number of carbonyl (C=O) groups excluding carboxylic acids is 2. The molecule has 0 aliphatic heterocycles. The topological polar surface area (TPSA) is 85.6 Å². The van der Waals surface area contributed by atoms with Crippen LogP contribution in [0.5, 0.6) is 0 Å². The molecule has 1 amide bonds. The molecule has 7 nitrogen and oxygen atoms in total. The Morgan fingerprint density at radius 2 is 1.88 bits per heavy atom. The van der Waals surface area contributed by atoms with Crippen molar-refractivity contribution in [3.05, 3.63) is 69.9 Å². The van der Waals surface area contributed by atoms with Crippen molar-refractivity contribution in [1.82, 2.24) is 14.6 Å². The van der Waals surface area contributed by atoms with E-state index in [4.69, 9.17) is 4.74 Å². The molecule has 1 aliphatic rings. The van der Waals surface area contributed by atoms with Gasteiger partial charge in [0.15, 0.2) is 17.0 Å². The van der Waals surface area contributed by atoms with Crippen molar-refractivity contribution < 1.29 is 27.5 Å². The molecule has 0 spiro atoms. The van der Waals surface area contributed by atoms with Crippen LogP contribution in [-0.4, -0.2) is 33.1 Å². The smallest absolute Gasteiger partial charge is 0.433 e. The predicted molar refractivity (Wildman–Crippen MR) is 147 cm³/mol. The molecule has 1 N–H and O–H groups in total. The Kier molecular flexibility index (Phi) is 7.20. The summed E-state index contributed by atoms with van der Waals surface area (Å²) in [6, 6.07) is 10.6. The molecule has 1 atom stereocenters. The maximum absolute atomic E-state index is 14.0. The lowest BCUT2D eigenvalue weighted by molar-refractivity contribution is -0.142. The van der Waals surface area contributed by atoms with Gasteiger partial charge in [-0.05, 0) is 49.1 Å². The number of halogens is 3. The van der Waals surface area contributed by atoms with E-state index in [2.05, 4.69) is 36.2 Å². The standard InChI is InChI=1S/C29H29F3N4O3S/c1-5-39-27(38)24-18-12-11-17(28(2,3)4)13-21(18)40-26(24)34-25(37)20-15-23-33-19(16-9-7-6-8-10-16)14-22(29(30,31)32)36(23)35-20/h6-10,14-15,17H,5,11-13H2,1-4H3,(H,34,37)/t17-/m0/s1. The number of hydrogen-bond donors (Lipinski definition) is 1. The molecule has 1 aromatic carbocycles. The SMILES string of the molecule is CCOC(=O)c1c(NC(=O)c2cc3nc(-c4ccccc4)cc(C(F)(F)F)n3n2)sc2c1CC[C@H](C(C)(C)C)C2. The highest BCUT2D eigenvalue weighted by Crippen LogP contribution is 2.44. The number of amides is 1. The lowest BCUT2D eigenvalue weighted by atomic mass is 9.72. The second kappa shape index (κ2) is 10.3. The first-order chi connectivity index (χ1) is 18.9. The summed E-state index contributed by atoms with van der Waals surface area (Å²) in [4.78, 5) is 31.6. The Bertz CT molecular complexity index is 1590. The van der Waals surface area contributed by atoms with Crippen LogP contribution in [0, 0.1) is 11.3 Å². The van der Waals surface area contributed by atoms with Gasteiger partial charge in [-0.1, -0.05) is 51.1 Å². The van der Waals surface area contributed by atoms with E-state index in [-0.39, 0.29) is 29.1 Å². The van der Waals surface area contributed by atoms with E-state index >= 15 is 0 Å². The number of anilines is 1. The number of esters is 1. The fraction of sp³-hybridized carbons (Fsp3) is 0.379. The molecule has 3 aromatic heterocycles. The van der Waals surface area contributed by atoms with Crippen LogP contribution in [-0.2, 0) is 23.8 Å². The van der Waals surface area contributed by atoms with Crippen LogP contribution in [0.1, 0.15) is 71.1 Å². The van der Waals surface area contributed by atoms with E-state index in [1.54, 1.807) is 37.3 Å². The third-order valence-electron chi connectivity index (χ3n) is 7.22. The number of rotatable bonds is 5. The average Bonchev–Trinajstić information content (AvgIpc) is 3.48. The number of carbonyl (C=O) groups is 2. The molecule has 40 heavy (non-hydrogen) atoms. The van der Waals surface area contributed by atoms with Gasteiger partial charge in [0.1, 0.15) is 5.00 Å². The van der Waals surface area contributed by atoms with Gasteiger partial charge in [0.2, 0.25) is 0 Å². The van der Waals surface area contributed by atoms with Crippen LogP contribution < -0.4 is 5.32 Å². The molecule has 11 heteroatoms. The molecule has 5 rings (SSSR count). The van der Waals surface area contributed by atoms with E-state index in [1.165, 1.54) is 17.4 Å². The number of alkyl halides is 3. The van der Waals surface area contributed by atoms with E-state index in [0.717, 1.165) is 29.3 Å². The molecule has 4 aromatic rings. The number of nitrogens with zero attached hydrogens (tertiary/aromatic N) is 3. The van der Waals surface area contributed by atoms with Gasteiger partial charge in [0, 0.05) is 16.5 Å². The van der Waals surface area contributed by atoms with Gasteiger partial charge in [-0.25, -0.2) is 14.3 Å². The third-order valence-corrected chi connectivity index (χ3v) is 8.39. The number of nitrogens with one attached hydrogen (secondary N) is 1. The molecule has 1 aliphatic carbocycles. The first-order valence-corrected chi connectivity index (χ1v) is 13.8. The van der Waals surface area contributed by atoms with Crippen LogP contribution >= 0.6 is 11.3 Å². The van der Waals surface area contributed by atoms with Gasteiger partial charge in [-0.2, -0.15) is 18.3 Å². The number of ether oxygens (including phenoxy) is 1. The molecule has 0 fully saturated rings. The minimum atomic E-state index is -4.74. The van der Waals surface area contributed by atoms with Gasteiger partial charge >= 0.3 is 12.1 Å². The fourth-order valence-electron chi connectivity index (χ4n) is 5.04. The lowest BCUT2D eigenvalue weighted by Gasteiger charge is -2.33. The highest BCUT2D eigenvalue weighted by atomic mass is 32.1. The Morgan fingerprint density at radius 3 is 2.52 bits per heavy atom. The number of benzene rings is 1. The van der Waals surface area contributed by atoms with Crippen molar-refractivity contribution >= 4 is 33.9 Å². The molecule has 0 radical (unpaired) electrons. The van der Waals surface area contributed by atoms with Crippen molar-refractivity contribution in [3.63, 3.8) is 0 Å². The van der Waals surface area contributed by atoms with Crippen LogP contribution in [0.4, 0.5) is 18.2 Å². The van der Waals surface area contributed by atoms with Gasteiger partial charge in [-0.15, -0.1) is 11.3 Å². The molecular weight excluding hydrogens is 541 g/mol. The molecular formula is C29H29F3N4O3S. The highest BCUT2D eigenvalue weighted by Gasteiger charge is 2.37. The predicted octanol–water partition coefficient (Wildman–Crippen LogP) is 7.06. The quantitative estimate of drug-likeness (QED) is 0.260. The molecule has 3 heterocycles. The summed E-state index contributed by atoms with van der Waals surface area (Å²) in [6.45, 7) is 8.42. The number of aromatic nitrogens is 3. The van der Waals surface area contributed by atoms with Gasteiger partial charge in [0.05, 0.1) is 17.9 Å². The zero-order valence-corrected chi connectivity index (χ0v) is 23.4. The largest absolute Gasteiger partial charge is 0.462 e. The number of fused-ring (bicyclic) bond motifs is 2. The van der Waals surface area contributed by atoms with E-state index in [9.17, 15) is 22.8 Å². The molecule has 0 saturated heterocycles. The van der Waals surface area contributed by atoms with Crippen molar-refractivity contribution in [2.75, 3.05) is 11.9 Å². The van der Waals surface area contributed by atoms with Crippen LogP contribution in [0.15, 0.2) is 42.5 Å². The van der Waals surface area contributed by atoms with Gasteiger partial charge < -0.3 is 10.1 Å².